The number of nitrogen functional groups attached to an aromatic ring is 1. The van der Waals surface area contributed by atoms with E-state index in [1.54, 1.807) is 0 Å². The minimum Gasteiger partial charge on any atom is -0.368 e. The monoisotopic (exact) mass is 255 g/mol. The molecule has 2 unspecified atom stereocenters. The van der Waals surface area contributed by atoms with Gasteiger partial charge in [0, 0.05) is 0 Å². The van der Waals surface area contributed by atoms with Crippen molar-refractivity contribution in [1.82, 2.24) is 15.0 Å². The first-order valence-electron chi connectivity index (χ1n) is 6.44. The van der Waals surface area contributed by atoms with Crippen molar-refractivity contribution in [3.05, 3.63) is 41.2 Å². The molecule has 0 spiro atoms. The molecule has 5 heteroatoms. The summed E-state index contributed by atoms with van der Waals surface area (Å²) >= 11 is 0. The Kier molecular flexibility index (Phi) is 2.81. The maximum absolute atomic E-state index is 5.58. The zero-order valence-corrected chi connectivity index (χ0v) is 11.1. The Morgan fingerprint density at radius 2 is 2.16 bits per heavy atom. The summed E-state index contributed by atoms with van der Waals surface area (Å²) in [7, 11) is 0. The number of nitrogens with one attached hydrogen (secondary N) is 1. The maximum Gasteiger partial charge on any atom is 0.227 e. The van der Waals surface area contributed by atoms with Crippen LogP contribution < -0.4 is 11.1 Å². The van der Waals surface area contributed by atoms with Crippen molar-refractivity contribution in [2.75, 3.05) is 11.1 Å². The second-order valence-electron chi connectivity index (χ2n) is 5.17. The third-order valence-electron chi connectivity index (χ3n) is 3.62. The Labute approximate surface area is 112 Å². The fourth-order valence-corrected chi connectivity index (χ4v) is 2.70. The van der Waals surface area contributed by atoms with E-state index in [4.69, 9.17) is 5.73 Å². The summed E-state index contributed by atoms with van der Waals surface area (Å²) in [5, 5.41) is 3.37. The summed E-state index contributed by atoms with van der Waals surface area (Å²) in [6, 6.07) is 6.84. The van der Waals surface area contributed by atoms with Crippen LogP contribution >= 0.6 is 0 Å². The van der Waals surface area contributed by atoms with Crippen LogP contribution in [0, 0.1) is 12.8 Å². The molecular weight excluding hydrogens is 238 g/mol. The van der Waals surface area contributed by atoms with E-state index in [1.807, 2.05) is 0 Å². The Hall–Kier alpha value is -2.17. The van der Waals surface area contributed by atoms with E-state index in [-0.39, 0.29) is 12.0 Å². The highest BCUT2D eigenvalue weighted by atomic mass is 15.2. The first-order chi connectivity index (χ1) is 9.13. The minimum atomic E-state index is 0.233. The van der Waals surface area contributed by atoms with E-state index in [2.05, 4.69) is 52.3 Å². The van der Waals surface area contributed by atoms with Crippen LogP contribution in [0.5, 0.6) is 0 Å². The van der Waals surface area contributed by atoms with Gasteiger partial charge in [0.25, 0.3) is 0 Å². The van der Waals surface area contributed by atoms with Gasteiger partial charge < -0.3 is 11.1 Å². The molecule has 1 heterocycles. The zero-order chi connectivity index (χ0) is 13.4. The number of aromatic nitrogens is 3. The molecular formula is C14H17N5. The smallest absolute Gasteiger partial charge is 0.227 e. The highest BCUT2D eigenvalue weighted by Crippen LogP contribution is 2.38. The number of hydrogen-bond acceptors (Lipinski definition) is 5. The van der Waals surface area contributed by atoms with E-state index in [0.29, 0.717) is 11.9 Å². The highest BCUT2D eigenvalue weighted by Gasteiger charge is 2.29. The minimum absolute atomic E-state index is 0.233. The molecule has 1 aromatic heterocycles. The molecule has 1 aliphatic rings. The Morgan fingerprint density at radius 1 is 1.32 bits per heavy atom. The summed E-state index contributed by atoms with van der Waals surface area (Å²) in [6.45, 7) is 4.35. The fourth-order valence-electron chi connectivity index (χ4n) is 2.70. The second-order valence-corrected chi connectivity index (χ2v) is 5.17. The van der Waals surface area contributed by atoms with Crippen LogP contribution in [-0.2, 0) is 6.42 Å². The van der Waals surface area contributed by atoms with Crippen molar-refractivity contribution in [1.29, 1.82) is 0 Å². The van der Waals surface area contributed by atoms with Crippen molar-refractivity contribution in [3.63, 3.8) is 0 Å². The number of aryl methyl sites for hydroxylation is 1. The molecule has 3 N–H and O–H groups in total. The van der Waals surface area contributed by atoms with Crippen LogP contribution in [0.3, 0.4) is 0 Å². The van der Waals surface area contributed by atoms with Gasteiger partial charge in [0.2, 0.25) is 11.9 Å². The normalized spacial score (nSPS) is 21.2. The number of benzene rings is 1. The number of rotatable bonds is 2. The topological polar surface area (TPSA) is 76.7 Å². The van der Waals surface area contributed by atoms with Crippen molar-refractivity contribution in [2.24, 2.45) is 5.92 Å². The van der Waals surface area contributed by atoms with Crippen molar-refractivity contribution >= 4 is 11.9 Å². The van der Waals surface area contributed by atoms with Gasteiger partial charge in [-0.2, -0.15) is 4.98 Å². The molecule has 0 radical (unpaired) electrons. The number of hydrogen-bond donors (Lipinski definition) is 2. The lowest BCUT2D eigenvalue weighted by Crippen LogP contribution is -2.16. The number of anilines is 2. The zero-order valence-electron chi connectivity index (χ0n) is 11.1. The SMILES string of the molecule is Cc1ccc2c(c1)C(Nc1ncnc(N)n1)C(C)C2. The molecule has 0 fully saturated rings. The van der Waals surface area contributed by atoms with Crippen LogP contribution in [0.15, 0.2) is 24.5 Å². The molecule has 5 nitrogen and oxygen atoms in total. The largest absolute Gasteiger partial charge is 0.368 e. The van der Waals surface area contributed by atoms with Gasteiger partial charge >= 0.3 is 0 Å². The summed E-state index contributed by atoms with van der Waals surface area (Å²) < 4.78 is 0. The summed E-state index contributed by atoms with van der Waals surface area (Å²) in [4.78, 5) is 12.0. The first-order valence-corrected chi connectivity index (χ1v) is 6.44. The van der Waals surface area contributed by atoms with E-state index in [9.17, 15) is 0 Å². The van der Waals surface area contributed by atoms with Crippen LogP contribution in [-0.4, -0.2) is 15.0 Å². The molecule has 98 valence electrons. The fraction of sp³-hybridized carbons (Fsp3) is 0.357. The first kappa shape index (κ1) is 11.9. The van der Waals surface area contributed by atoms with Crippen molar-refractivity contribution in [2.45, 2.75) is 26.3 Å². The average molecular weight is 255 g/mol. The van der Waals surface area contributed by atoms with Gasteiger partial charge in [-0.3, -0.25) is 0 Å². The lowest BCUT2D eigenvalue weighted by molar-refractivity contribution is 0.538. The molecule has 0 saturated carbocycles. The maximum atomic E-state index is 5.58. The lowest BCUT2D eigenvalue weighted by Gasteiger charge is -2.18. The molecule has 1 aliphatic carbocycles. The Bertz CT molecular complexity index is 611. The van der Waals surface area contributed by atoms with Gasteiger partial charge in [-0.15, -0.1) is 0 Å². The van der Waals surface area contributed by atoms with Crippen LogP contribution in [0.2, 0.25) is 0 Å². The number of nitrogens with zero attached hydrogens (tertiary/aromatic N) is 3. The predicted molar refractivity (Wildman–Crippen MR) is 74.7 cm³/mol. The van der Waals surface area contributed by atoms with Gasteiger partial charge in [-0.1, -0.05) is 30.7 Å². The van der Waals surface area contributed by atoms with Crippen molar-refractivity contribution in [3.8, 4) is 0 Å². The number of nitrogens with two attached hydrogens (primary N) is 1. The summed E-state index contributed by atoms with van der Waals surface area (Å²) in [6.07, 6.45) is 2.51. The standard InChI is InChI=1S/C14H17N5/c1-8-3-4-10-6-9(2)12(11(10)5-8)18-14-17-7-16-13(15)19-14/h3-5,7,9,12H,6H2,1-2H3,(H3,15,16,17,18,19). The van der Waals surface area contributed by atoms with Crippen LogP contribution in [0.4, 0.5) is 11.9 Å². The van der Waals surface area contributed by atoms with E-state index in [0.717, 1.165) is 6.42 Å². The second kappa shape index (κ2) is 4.50. The van der Waals surface area contributed by atoms with Gasteiger partial charge in [-0.05, 0) is 30.4 Å². The van der Waals surface area contributed by atoms with Crippen LogP contribution in [0.1, 0.15) is 29.7 Å². The Morgan fingerprint density at radius 3 is 2.95 bits per heavy atom. The van der Waals surface area contributed by atoms with Gasteiger partial charge in [0.05, 0.1) is 6.04 Å². The van der Waals surface area contributed by atoms with Crippen LogP contribution in [0.25, 0.3) is 0 Å². The highest BCUT2D eigenvalue weighted by molar-refractivity contribution is 5.44. The molecule has 2 aromatic rings. The van der Waals surface area contributed by atoms with Crippen molar-refractivity contribution < 1.29 is 0 Å². The van der Waals surface area contributed by atoms with E-state index >= 15 is 0 Å². The van der Waals surface area contributed by atoms with Gasteiger partial charge in [0.1, 0.15) is 6.33 Å². The predicted octanol–water partition coefficient (Wildman–Crippen LogP) is 2.11. The molecule has 0 bridgehead atoms. The molecule has 1 aromatic carbocycles. The molecule has 0 aliphatic heterocycles. The van der Waals surface area contributed by atoms with Gasteiger partial charge in [0.15, 0.2) is 0 Å². The number of fused-ring (bicyclic) bond motifs is 1. The molecule has 19 heavy (non-hydrogen) atoms. The lowest BCUT2D eigenvalue weighted by atomic mass is 10.0. The Balaban J connectivity index is 1.92. The summed E-state index contributed by atoms with van der Waals surface area (Å²) in [5.41, 5.74) is 9.60. The molecule has 2 atom stereocenters. The molecule has 0 amide bonds. The quantitative estimate of drug-likeness (QED) is 0.859. The third kappa shape index (κ3) is 2.23. The molecule has 3 rings (SSSR count). The van der Waals surface area contributed by atoms with E-state index < -0.39 is 0 Å². The average Bonchev–Trinajstić information content (AvgIpc) is 2.66. The van der Waals surface area contributed by atoms with E-state index in [1.165, 1.54) is 23.0 Å². The summed E-state index contributed by atoms with van der Waals surface area (Å²) in [5.74, 6) is 1.29. The van der Waals surface area contributed by atoms with Gasteiger partial charge in [-0.25, -0.2) is 9.97 Å². The molecule has 0 saturated heterocycles. The third-order valence-corrected chi connectivity index (χ3v) is 3.62.